The number of hydrogen-bond donors (Lipinski definition) is 0. The third-order valence-corrected chi connectivity index (χ3v) is 3.40. The molecule has 0 N–H and O–H groups in total. The summed E-state index contributed by atoms with van der Waals surface area (Å²) in [5.74, 6) is 1.08. The molecule has 0 amide bonds. The molecule has 0 saturated heterocycles. The second-order valence-electron chi connectivity index (χ2n) is 3.84. The predicted octanol–water partition coefficient (Wildman–Crippen LogP) is 4.23. The number of ether oxygens (including phenoxy) is 1. The second kappa shape index (κ2) is 6.39. The molecular weight excluding hydrogens is 300 g/mol. The molecule has 1 unspecified atom stereocenters. The second-order valence-corrected chi connectivity index (χ2v) is 5.23. The van der Waals surface area contributed by atoms with Gasteiger partial charge in [0, 0.05) is 10.4 Å². The van der Waals surface area contributed by atoms with Crippen LogP contribution >= 0.6 is 27.5 Å². The molecule has 0 fully saturated rings. The van der Waals surface area contributed by atoms with E-state index in [1.165, 1.54) is 5.56 Å². The molecule has 17 heavy (non-hydrogen) atoms. The van der Waals surface area contributed by atoms with Gasteiger partial charge in [-0.2, -0.15) is 0 Å². The standard InChI is InChI=1S/C14H13BrClO/c15-13-6-7-14(16)12(8-13)10-17-9-11-4-2-1-3-5-11/h1-8,14H,9-10H2. The zero-order valence-corrected chi connectivity index (χ0v) is 11.6. The van der Waals surface area contributed by atoms with Crippen LogP contribution in [0.5, 0.6) is 0 Å². The first kappa shape index (κ1) is 12.9. The molecule has 1 aromatic carbocycles. The minimum Gasteiger partial charge on any atom is -0.376 e. The van der Waals surface area contributed by atoms with Crippen molar-refractivity contribution in [3.05, 3.63) is 64.5 Å². The molecule has 1 nitrogen and oxygen atoms in total. The molecule has 1 aromatic rings. The highest BCUT2D eigenvalue weighted by Gasteiger charge is 2.19. The lowest BCUT2D eigenvalue weighted by molar-refractivity contribution is 0.133. The van der Waals surface area contributed by atoms with Crippen LogP contribution in [0.25, 0.3) is 0 Å². The normalized spacial score (nSPS) is 20.4. The van der Waals surface area contributed by atoms with Crippen LogP contribution in [0.4, 0.5) is 0 Å². The smallest absolute Gasteiger partial charge is 0.0717 e. The van der Waals surface area contributed by atoms with Gasteiger partial charge in [-0.05, 0) is 5.56 Å². The van der Waals surface area contributed by atoms with E-state index in [4.69, 9.17) is 16.3 Å². The molecule has 0 heterocycles. The van der Waals surface area contributed by atoms with Gasteiger partial charge in [0.05, 0.1) is 18.6 Å². The Morgan fingerprint density at radius 3 is 2.71 bits per heavy atom. The SMILES string of the molecule is ClC1C=CC(Br)=C[C]1COCc1ccccc1. The highest BCUT2D eigenvalue weighted by molar-refractivity contribution is 9.11. The maximum absolute atomic E-state index is 6.16. The van der Waals surface area contributed by atoms with Gasteiger partial charge in [-0.1, -0.05) is 64.5 Å². The van der Waals surface area contributed by atoms with Gasteiger partial charge < -0.3 is 4.74 Å². The van der Waals surface area contributed by atoms with Crippen LogP contribution in [0.2, 0.25) is 0 Å². The first-order chi connectivity index (χ1) is 8.25. The molecule has 2 rings (SSSR count). The van der Waals surface area contributed by atoms with Crippen molar-refractivity contribution in [2.45, 2.75) is 12.0 Å². The summed E-state index contributed by atoms with van der Waals surface area (Å²) in [4.78, 5) is 0. The van der Waals surface area contributed by atoms with E-state index in [9.17, 15) is 0 Å². The Morgan fingerprint density at radius 1 is 1.18 bits per heavy atom. The van der Waals surface area contributed by atoms with Crippen LogP contribution in [0.3, 0.4) is 0 Å². The Kier molecular flexibility index (Phi) is 4.84. The van der Waals surface area contributed by atoms with Crippen molar-refractivity contribution in [2.75, 3.05) is 6.61 Å². The number of allylic oxidation sites excluding steroid dienone is 3. The summed E-state index contributed by atoms with van der Waals surface area (Å²) in [6.07, 6.45) is 5.92. The fourth-order valence-electron chi connectivity index (χ4n) is 1.59. The van der Waals surface area contributed by atoms with E-state index >= 15 is 0 Å². The number of alkyl halides is 1. The number of hydrogen-bond acceptors (Lipinski definition) is 1. The molecule has 3 heteroatoms. The first-order valence-corrected chi connectivity index (χ1v) is 6.65. The number of benzene rings is 1. The average molecular weight is 313 g/mol. The molecule has 1 atom stereocenters. The fraction of sp³-hybridized carbons (Fsp3) is 0.214. The fourth-order valence-corrected chi connectivity index (χ4v) is 2.23. The van der Waals surface area contributed by atoms with Crippen molar-refractivity contribution in [3.63, 3.8) is 0 Å². The van der Waals surface area contributed by atoms with Crippen molar-refractivity contribution >= 4 is 27.5 Å². The van der Waals surface area contributed by atoms with Crippen molar-refractivity contribution in [1.29, 1.82) is 0 Å². The van der Waals surface area contributed by atoms with Gasteiger partial charge >= 0.3 is 0 Å². The van der Waals surface area contributed by atoms with Crippen LogP contribution < -0.4 is 0 Å². The third-order valence-electron chi connectivity index (χ3n) is 2.48. The van der Waals surface area contributed by atoms with E-state index in [2.05, 4.69) is 28.1 Å². The van der Waals surface area contributed by atoms with E-state index in [1.807, 2.05) is 36.4 Å². The maximum atomic E-state index is 6.16. The van der Waals surface area contributed by atoms with Crippen LogP contribution in [-0.2, 0) is 11.3 Å². The molecule has 0 bridgehead atoms. The summed E-state index contributed by atoms with van der Waals surface area (Å²) in [6, 6.07) is 10.1. The van der Waals surface area contributed by atoms with Crippen molar-refractivity contribution < 1.29 is 4.74 Å². The lowest BCUT2D eigenvalue weighted by Gasteiger charge is -2.19. The predicted molar refractivity (Wildman–Crippen MR) is 75.1 cm³/mol. The Labute approximate surface area is 115 Å². The van der Waals surface area contributed by atoms with E-state index < -0.39 is 0 Å². The minimum absolute atomic E-state index is 0.0629. The largest absolute Gasteiger partial charge is 0.376 e. The summed E-state index contributed by atoms with van der Waals surface area (Å²) in [5.41, 5.74) is 1.17. The lowest BCUT2D eigenvalue weighted by atomic mass is 10.0. The van der Waals surface area contributed by atoms with Crippen molar-refractivity contribution in [3.8, 4) is 0 Å². The summed E-state index contributed by atoms with van der Waals surface area (Å²) in [7, 11) is 0. The van der Waals surface area contributed by atoms with E-state index in [0.717, 1.165) is 10.4 Å². The van der Waals surface area contributed by atoms with Gasteiger partial charge in [0.15, 0.2) is 0 Å². The number of rotatable bonds is 4. The molecule has 0 saturated carbocycles. The van der Waals surface area contributed by atoms with Gasteiger partial charge in [0.25, 0.3) is 0 Å². The topological polar surface area (TPSA) is 9.23 Å². The van der Waals surface area contributed by atoms with Crippen LogP contribution in [0.15, 0.2) is 53.0 Å². The summed E-state index contributed by atoms with van der Waals surface area (Å²) in [5, 5.41) is -0.0629. The molecule has 1 radical (unpaired) electrons. The quantitative estimate of drug-likeness (QED) is 0.756. The average Bonchev–Trinajstić information content (AvgIpc) is 2.35. The Balaban J connectivity index is 1.81. The van der Waals surface area contributed by atoms with E-state index in [1.54, 1.807) is 0 Å². The van der Waals surface area contributed by atoms with Crippen LogP contribution in [0, 0.1) is 5.92 Å². The van der Waals surface area contributed by atoms with Gasteiger partial charge in [-0.3, -0.25) is 0 Å². The number of halogens is 2. The highest BCUT2D eigenvalue weighted by atomic mass is 79.9. The lowest BCUT2D eigenvalue weighted by Crippen LogP contribution is -2.17. The highest BCUT2D eigenvalue weighted by Crippen LogP contribution is 2.26. The van der Waals surface area contributed by atoms with Crippen molar-refractivity contribution in [1.82, 2.24) is 0 Å². The molecule has 89 valence electrons. The molecule has 0 aliphatic heterocycles. The zero-order chi connectivity index (χ0) is 12.1. The molecular formula is C14H13BrClO. The third kappa shape index (κ3) is 3.98. The Bertz CT molecular complexity index is 413. The Hall–Kier alpha value is -0.570. The minimum atomic E-state index is -0.0629. The van der Waals surface area contributed by atoms with Crippen LogP contribution in [0.1, 0.15) is 5.56 Å². The summed E-state index contributed by atoms with van der Waals surface area (Å²) < 4.78 is 6.69. The monoisotopic (exact) mass is 311 g/mol. The molecule has 1 aliphatic carbocycles. The van der Waals surface area contributed by atoms with Gasteiger partial charge in [-0.25, -0.2) is 0 Å². The van der Waals surface area contributed by atoms with Gasteiger partial charge in [0.1, 0.15) is 0 Å². The Morgan fingerprint density at radius 2 is 1.94 bits per heavy atom. The molecule has 1 aliphatic rings. The van der Waals surface area contributed by atoms with Crippen LogP contribution in [-0.4, -0.2) is 12.0 Å². The maximum Gasteiger partial charge on any atom is 0.0717 e. The van der Waals surface area contributed by atoms with E-state index in [0.29, 0.717) is 13.2 Å². The molecule has 0 spiro atoms. The van der Waals surface area contributed by atoms with Gasteiger partial charge in [-0.15, -0.1) is 11.6 Å². The molecule has 0 aromatic heterocycles. The van der Waals surface area contributed by atoms with Crippen molar-refractivity contribution in [2.24, 2.45) is 0 Å². The first-order valence-electron chi connectivity index (χ1n) is 5.42. The summed E-state index contributed by atoms with van der Waals surface area (Å²) in [6.45, 7) is 1.17. The zero-order valence-electron chi connectivity index (χ0n) is 9.27. The van der Waals surface area contributed by atoms with Gasteiger partial charge in [0.2, 0.25) is 0 Å². The summed E-state index contributed by atoms with van der Waals surface area (Å²) >= 11 is 9.59. The van der Waals surface area contributed by atoms with E-state index in [-0.39, 0.29) is 5.38 Å².